The first-order valence-corrected chi connectivity index (χ1v) is 8.07. The van der Waals surface area contributed by atoms with Crippen molar-refractivity contribution in [1.82, 2.24) is 4.90 Å². The van der Waals surface area contributed by atoms with Gasteiger partial charge in [0.2, 0.25) is 5.91 Å². The van der Waals surface area contributed by atoms with Crippen LogP contribution in [0, 0.1) is 5.41 Å². The molecule has 0 unspecified atom stereocenters. The molecular weight excluding hydrogens is 266 g/mol. The number of hydrogen-bond donors (Lipinski definition) is 0. The molecule has 2 nitrogen and oxygen atoms in total. The van der Waals surface area contributed by atoms with Crippen molar-refractivity contribution in [2.75, 3.05) is 5.75 Å². The topological polar surface area (TPSA) is 20.3 Å². The van der Waals surface area contributed by atoms with E-state index in [1.54, 1.807) is 0 Å². The third-order valence-electron chi connectivity index (χ3n) is 3.36. The second kappa shape index (κ2) is 6.04. The van der Waals surface area contributed by atoms with E-state index in [4.69, 9.17) is 0 Å². The van der Waals surface area contributed by atoms with Crippen LogP contribution < -0.4 is 0 Å². The van der Waals surface area contributed by atoms with Crippen LogP contribution in [0.25, 0.3) is 0 Å². The first-order chi connectivity index (χ1) is 9.42. The summed E-state index contributed by atoms with van der Waals surface area (Å²) in [4.78, 5) is 14.7. The molecule has 0 spiro atoms. The Labute approximate surface area is 126 Å². The molecule has 2 rings (SSSR count). The van der Waals surface area contributed by atoms with Crippen LogP contribution in [-0.4, -0.2) is 22.6 Å². The van der Waals surface area contributed by atoms with Crippen molar-refractivity contribution in [3.8, 4) is 0 Å². The first kappa shape index (κ1) is 15.2. The highest BCUT2D eigenvalue weighted by Crippen LogP contribution is 2.42. The lowest BCUT2D eigenvalue weighted by atomic mass is 9.91. The molecule has 0 aromatic heterocycles. The molecule has 1 aliphatic rings. The molecular formula is C17H23NOS. The van der Waals surface area contributed by atoms with Crippen molar-refractivity contribution in [3.63, 3.8) is 0 Å². The van der Waals surface area contributed by atoms with Gasteiger partial charge < -0.3 is 4.90 Å². The minimum absolute atomic E-state index is 0.0112. The van der Waals surface area contributed by atoms with Gasteiger partial charge in [-0.25, -0.2) is 0 Å². The van der Waals surface area contributed by atoms with Crippen LogP contribution in [0.3, 0.4) is 0 Å². The van der Waals surface area contributed by atoms with Crippen LogP contribution in [0.4, 0.5) is 0 Å². The van der Waals surface area contributed by atoms with E-state index in [9.17, 15) is 4.79 Å². The van der Waals surface area contributed by atoms with Gasteiger partial charge in [-0.15, -0.1) is 18.3 Å². The second-order valence-corrected chi connectivity index (χ2v) is 7.55. The third-order valence-corrected chi connectivity index (χ3v) is 4.71. The maximum Gasteiger partial charge on any atom is 0.224 e. The number of thioether (sulfide) groups is 1. The molecule has 0 aliphatic carbocycles. The van der Waals surface area contributed by atoms with Gasteiger partial charge in [-0.2, -0.15) is 0 Å². The average Bonchev–Trinajstić information content (AvgIpc) is 2.81. The number of amides is 1. The lowest BCUT2D eigenvalue weighted by Crippen LogP contribution is -2.38. The summed E-state index contributed by atoms with van der Waals surface area (Å²) in [5, 5.41) is 0.119. The lowest BCUT2D eigenvalue weighted by Gasteiger charge is -2.31. The smallest absolute Gasteiger partial charge is 0.224 e. The molecule has 0 bridgehead atoms. The molecule has 1 aromatic rings. The molecule has 1 fully saturated rings. The largest absolute Gasteiger partial charge is 0.319 e. The Hall–Kier alpha value is -1.22. The van der Waals surface area contributed by atoms with E-state index < -0.39 is 0 Å². The van der Waals surface area contributed by atoms with Crippen molar-refractivity contribution in [2.24, 2.45) is 5.41 Å². The molecule has 1 amide bonds. The zero-order valence-corrected chi connectivity index (χ0v) is 13.3. The van der Waals surface area contributed by atoms with Gasteiger partial charge in [0, 0.05) is 12.2 Å². The van der Waals surface area contributed by atoms with Crippen molar-refractivity contribution in [1.29, 1.82) is 0 Å². The van der Waals surface area contributed by atoms with Gasteiger partial charge >= 0.3 is 0 Å². The minimum Gasteiger partial charge on any atom is -0.319 e. The zero-order valence-electron chi connectivity index (χ0n) is 12.5. The normalized spacial score (nSPS) is 22.9. The fraction of sp³-hybridized carbons (Fsp3) is 0.471. The predicted molar refractivity (Wildman–Crippen MR) is 86.5 cm³/mol. The van der Waals surface area contributed by atoms with Crippen molar-refractivity contribution in [2.45, 2.75) is 38.6 Å². The van der Waals surface area contributed by atoms with Gasteiger partial charge in [0.05, 0.1) is 6.04 Å². The van der Waals surface area contributed by atoms with Crippen LogP contribution in [0.5, 0.6) is 0 Å². The maximum absolute atomic E-state index is 12.7. The number of nitrogens with zero attached hydrogens (tertiary/aromatic N) is 1. The molecule has 0 saturated carbocycles. The van der Waals surface area contributed by atoms with Gasteiger partial charge in [-0.1, -0.05) is 57.2 Å². The van der Waals surface area contributed by atoms with Gasteiger partial charge in [-0.05, 0) is 11.0 Å². The van der Waals surface area contributed by atoms with E-state index in [0.717, 1.165) is 5.75 Å². The summed E-state index contributed by atoms with van der Waals surface area (Å²) in [6.45, 7) is 10.2. The highest BCUT2D eigenvalue weighted by Gasteiger charge is 2.37. The summed E-state index contributed by atoms with van der Waals surface area (Å²) in [7, 11) is 0. The van der Waals surface area contributed by atoms with Crippen molar-refractivity contribution >= 4 is 17.7 Å². The van der Waals surface area contributed by atoms with E-state index in [1.807, 2.05) is 40.9 Å². The van der Waals surface area contributed by atoms with E-state index >= 15 is 0 Å². The summed E-state index contributed by atoms with van der Waals surface area (Å²) in [6.07, 6.45) is 2.47. The summed E-state index contributed by atoms with van der Waals surface area (Å²) < 4.78 is 0. The van der Waals surface area contributed by atoms with Gasteiger partial charge in [0.15, 0.2) is 0 Å². The Bertz CT molecular complexity index is 478. The molecule has 1 aliphatic heterocycles. The van der Waals surface area contributed by atoms with Crippen molar-refractivity contribution in [3.05, 3.63) is 48.6 Å². The van der Waals surface area contributed by atoms with Gasteiger partial charge in [0.25, 0.3) is 0 Å². The van der Waals surface area contributed by atoms with Crippen molar-refractivity contribution < 1.29 is 4.79 Å². The van der Waals surface area contributed by atoms with Crippen LogP contribution >= 0.6 is 11.8 Å². The second-order valence-electron chi connectivity index (χ2n) is 6.44. The van der Waals surface area contributed by atoms with E-state index in [0.29, 0.717) is 6.42 Å². The SMILES string of the molecule is C=C[C@@H]1CS[C@H](c2ccccc2)N1C(=O)CC(C)(C)C. The van der Waals surface area contributed by atoms with E-state index in [-0.39, 0.29) is 22.7 Å². The lowest BCUT2D eigenvalue weighted by molar-refractivity contribution is -0.134. The van der Waals surface area contributed by atoms with Gasteiger partial charge in [-0.3, -0.25) is 4.79 Å². The Balaban J connectivity index is 2.24. The Morgan fingerprint density at radius 3 is 2.60 bits per heavy atom. The number of carbonyl (C=O) groups is 1. The Morgan fingerprint density at radius 2 is 2.05 bits per heavy atom. The number of rotatable bonds is 3. The molecule has 1 heterocycles. The third kappa shape index (κ3) is 3.45. The highest BCUT2D eigenvalue weighted by atomic mass is 32.2. The monoisotopic (exact) mass is 289 g/mol. The van der Waals surface area contributed by atoms with E-state index in [2.05, 4.69) is 39.5 Å². The first-order valence-electron chi connectivity index (χ1n) is 7.02. The van der Waals surface area contributed by atoms with Crippen LogP contribution in [-0.2, 0) is 4.79 Å². The van der Waals surface area contributed by atoms with Crippen LogP contribution in [0.15, 0.2) is 43.0 Å². The standard InChI is InChI=1S/C17H23NOS/c1-5-14-12-20-16(13-9-7-6-8-10-13)18(14)15(19)11-17(2,3)4/h5-10,14,16H,1,11-12H2,2-4H3/t14-,16-/m1/s1. The molecule has 0 N–H and O–H groups in total. The average molecular weight is 289 g/mol. The van der Waals surface area contributed by atoms with Crippen LogP contribution in [0.2, 0.25) is 0 Å². The van der Waals surface area contributed by atoms with E-state index in [1.165, 1.54) is 5.56 Å². The molecule has 1 saturated heterocycles. The summed E-state index contributed by atoms with van der Waals surface area (Å²) >= 11 is 1.82. The quantitative estimate of drug-likeness (QED) is 0.775. The summed E-state index contributed by atoms with van der Waals surface area (Å²) in [5.41, 5.74) is 1.21. The van der Waals surface area contributed by atoms with Crippen LogP contribution in [0.1, 0.15) is 38.1 Å². The molecule has 108 valence electrons. The Kier molecular flexibility index (Phi) is 4.59. The van der Waals surface area contributed by atoms with Gasteiger partial charge in [0.1, 0.15) is 5.37 Å². The summed E-state index contributed by atoms with van der Waals surface area (Å²) in [5.74, 6) is 1.15. The fourth-order valence-electron chi connectivity index (χ4n) is 2.44. The molecule has 3 heteroatoms. The zero-order chi connectivity index (χ0) is 14.8. The number of carbonyl (C=O) groups excluding carboxylic acids is 1. The molecule has 0 radical (unpaired) electrons. The minimum atomic E-state index is 0.0112. The predicted octanol–water partition coefficient (Wildman–Crippen LogP) is 4.25. The molecule has 1 aromatic carbocycles. The number of benzene rings is 1. The maximum atomic E-state index is 12.7. The summed E-state index contributed by atoms with van der Waals surface area (Å²) in [6, 6.07) is 10.4. The highest BCUT2D eigenvalue weighted by molar-refractivity contribution is 7.99. The molecule has 20 heavy (non-hydrogen) atoms. The Morgan fingerprint density at radius 1 is 1.40 bits per heavy atom. The molecule has 2 atom stereocenters. The fourth-order valence-corrected chi connectivity index (χ4v) is 3.90. The number of hydrogen-bond acceptors (Lipinski definition) is 2.